The molecule has 0 spiro atoms. The topological polar surface area (TPSA) is 78.4 Å². The molecule has 0 aromatic carbocycles. The van der Waals surface area contributed by atoms with Crippen LogP contribution in [0.3, 0.4) is 0 Å². The molecule has 0 heterocycles. The van der Waals surface area contributed by atoms with Crippen LogP contribution in [0.15, 0.2) is 0 Å². The van der Waals surface area contributed by atoms with E-state index in [1.54, 1.807) is 0 Å². The molecule has 0 bridgehead atoms. The molecule has 5 nitrogen and oxygen atoms in total. The molecule has 0 aromatic heterocycles. The van der Waals surface area contributed by atoms with Crippen LogP contribution in [0.4, 0.5) is 0 Å². The molecule has 17 heavy (non-hydrogen) atoms. The highest BCUT2D eigenvalue weighted by atomic mass is 16.4. The fourth-order valence-corrected chi connectivity index (χ4v) is 1.52. The maximum atomic E-state index is 11.5. The number of carbonyl (C=O) groups excluding carboxylic acids is 1. The summed E-state index contributed by atoms with van der Waals surface area (Å²) >= 11 is 0. The number of amides is 1. The van der Waals surface area contributed by atoms with Crippen LogP contribution >= 0.6 is 0 Å². The number of carboxylic acids is 1. The number of rotatable bonds is 6. The van der Waals surface area contributed by atoms with Gasteiger partial charge in [0, 0.05) is 25.0 Å². The zero-order valence-corrected chi connectivity index (χ0v) is 10.8. The normalized spacial score (nSPS) is 17.6. The molecule has 1 rings (SSSR count). The minimum atomic E-state index is -0.800. The highest BCUT2D eigenvalue weighted by molar-refractivity contribution is 5.80. The summed E-state index contributed by atoms with van der Waals surface area (Å²) in [5.74, 6) is -0.889. The lowest BCUT2D eigenvalue weighted by Crippen LogP contribution is -2.40. The standard InChI is InChI=1S/C12H22N2O3/c1-11(2,3)14-7-4-9(15)13-8-12(5-6-12)10(16)17/h14H,4-8H2,1-3H3,(H,13,15)(H,16,17). The third kappa shape index (κ3) is 4.73. The molecule has 3 N–H and O–H groups in total. The number of hydrogen-bond acceptors (Lipinski definition) is 3. The van der Waals surface area contributed by atoms with E-state index in [1.807, 2.05) is 20.8 Å². The van der Waals surface area contributed by atoms with Crippen molar-refractivity contribution >= 4 is 11.9 Å². The first-order valence-electron chi connectivity index (χ1n) is 6.00. The van der Waals surface area contributed by atoms with Crippen molar-refractivity contribution in [1.82, 2.24) is 10.6 Å². The van der Waals surface area contributed by atoms with Crippen molar-refractivity contribution in [2.75, 3.05) is 13.1 Å². The molecule has 0 aromatic rings. The largest absolute Gasteiger partial charge is 0.481 e. The second kappa shape index (κ2) is 5.04. The smallest absolute Gasteiger partial charge is 0.311 e. The summed E-state index contributed by atoms with van der Waals surface area (Å²) in [6.45, 7) is 6.98. The molecular formula is C12H22N2O3. The maximum absolute atomic E-state index is 11.5. The van der Waals surface area contributed by atoms with E-state index >= 15 is 0 Å². The minimum absolute atomic E-state index is 0.000933. The second-order valence-corrected chi connectivity index (χ2v) is 5.79. The van der Waals surface area contributed by atoms with E-state index in [9.17, 15) is 9.59 Å². The Labute approximate surface area is 102 Å². The minimum Gasteiger partial charge on any atom is -0.481 e. The molecule has 1 fully saturated rings. The van der Waals surface area contributed by atoms with Crippen molar-refractivity contribution in [2.45, 2.75) is 45.6 Å². The van der Waals surface area contributed by atoms with E-state index in [0.29, 0.717) is 25.8 Å². The predicted octanol–water partition coefficient (Wildman–Crippen LogP) is 0.746. The molecule has 0 aliphatic heterocycles. The Morgan fingerprint density at radius 3 is 2.29 bits per heavy atom. The number of hydrogen-bond donors (Lipinski definition) is 3. The van der Waals surface area contributed by atoms with Crippen molar-refractivity contribution in [3.63, 3.8) is 0 Å². The van der Waals surface area contributed by atoms with Crippen LogP contribution in [0.25, 0.3) is 0 Å². The van der Waals surface area contributed by atoms with Gasteiger partial charge in [-0.2, -0.15) is 0 Å². The van der Waals surface area contributed by atoms with Crippen molar-refractivity contribution in [2.24, 2.45) is 5.41 Å². The van der Waals surface area contributed by atoms with Crippen molar-refractivity contribution in [1.29, 1.82) is 0 Å². The highest BCUT2D eigenvalue weighted by Crippen LogP contribution is 2.45. The third-order valence-electron chi connectivity index (χ3n) is 2.94. The lowest BCUT2D eigenvalue weighted by atomic mass is 10.1. The average Bonchev–Trinajstić information content (AvgIpc) is 2.93. The van der Waals surface area contributed by atoms with E-state index in [0.717, 1.165) is 0 Å². The number of carboxylic acid groups (broad SMARTS) is 1. The van der Waals surface area contributed by atoms with Crippen LogP contribution in [0, 0.1) is 5.41 Å². The van der Waals surface area contributed by atoms with E-state index in [4.69, 9.17) is 5.11 Å². The number of aliphatic carboxylic acids is 1. The molecule has 98 valence electrons. The lowest BCUT2D eigenvalue weighted by molar-refractivity contribution is -0.143. The Morgan fingerprint density at radius 2 is 1.88 bits per heavy atom. The summed E-state index contributed by atoms with van der Waals surface area (Å²) in [6, 6.07) is 0. The SMILES string of the molecule is CC(C)(C)NCCC(=O)NCC1(C(=O)O)CC1. The summed E-state index contributed by atoms with van der Waals surface area (Å²) in [4.78, 5) is 22.4. The van der Waals surface area contributed by atoms with Gasteiger partial charge in [0.05, 0.1) is 5.41 Å². The van der Waals surface area contributed by atoms with Crippen LogP contribution in [-0.2, 0) is 9.59 Å². The first-order valence-corrected chi connectivity index (χ1v) is 6.00. The summed E-state index contributed by atoms with van der Waals surface area (Å²) in [7, 11) is 0. The van der Waals surface area contributed by atoms with Gasteiger partial charge in [0.1, 0.15) is 0 Å². The fourth-order valence-electron chi connectivity index (χ4n) is 1.52. The van der Waals surface area contributed by atoms with Gasteiger partial charge in [0.15, 0.2) is 0 Å². The van der Waals surface area contributed by atoms with Gasteiger partial charge in [0.25, 0.3) is 0 Å². The van der Waals surface area contributed by atoms with E-state index < -0.39 is 11.4 Å². The van der Waals surface area contributed by atoms with Gasteiger partial charge in [-0.3, -0.25) is 9.59 Å². The first-order chi connectivity index (χ1) is 7.75. The number of nitrogens with one attached hydrogen (secondary N) is 2. The Kier molecular flexibility index (Phi) is 4.14. The van der Waals surface area contributed by atoms with Gasteiger partial charge in [-0.15, -0.1) is 0 Å². The summed E-state index contributed by atoms with van der Waals surface area (Å²) < 4.78 is 0. The van der Waals surface area contributed by atoms with E-state index in [1.165, 1.54) is 0 Å². The van der Waals surface area contributed by atoms with Gasteiger partial charge in [-0.1, -0.05) is 0 Å². The van der Waals surface area contributed by atoms with Crippen LogP contribution in [0.2, 0.25) is 0 Å². The highest BCUT2D eigenvalue weighted by Gasteiger charge is 2.50. The average molecular weight is 242 g/mol. The Balaban J connectivity index is 2.16. The molecular weight excluding hydrogens is 220 g/mol. The fraction of sp³-hybridized carbons (Fsp3) is 0.833. The van der Waals surface area contributed by atoms with Crippen molar-refractivity contribution in [3.8, 4) is 0 Å². The zero-order valence-electron chi connectivity index (χ0n) is 10.8. The lowest BCUT2D eigenvalue weighted by Gasteiger charge is -2.20. The Hall–Kier alpha value is -1.10. The molecule has 1 aliphatic carbocycles. The molecule has 0 atom stereocenters. The van der Waals surface area contributed by atoms with Gasteiger partial charge in [-0.05, 0) is 33.6 Å². The summed E-state index contributed by atoms with van der Waals surface area (Å²) in [6.07, 6.45) is 1.72. The Morgan fingerprint density at radius 1 is 1.29 bits per heavy atom. The monoisotopic (exact) mass is 242 g/mol. The second-order valence-electron chi connectivity index (χ2n) is 5.79. The van der Waals surface area contributed by atoms with Crippen molar-refractivity contribution in [3.05, 3.63) is 0 Å². The quantitative estimate of drug-likeness (QED) is 0.642. The van der Waals surface area contributed by atoms with Crippen LogP contribution in [0.5, 0.6) is 0 Å². The number of carbonyl (C=O) groups is 2. The first kappa shape index (κ1) is 14.0. The summed E-state index contributed by atoms with van der Waals surface area (Å²) in [5, 5.41) is 14.8. The van der Waals surface area contributed by atoms with Gasteiger partial charge in [0.2, 0.25) is 5.91 Å². The molecule has 1 amide bonds. The van der Waals surface area contributed by atoms with Crippen molar-refractivity contribution < 1.29 is 14.7 Å². The van der Waals surface area contributed by atoms with Crippen LogP contribution in [0.1, 0.15) is 40.0 Å². The predicted molar refractivity (Wildman–Crippen MR) is 64.7 cm³/mol. The van der Waals surface area contributed by atoms with E-state index in [2.05, 4.69) is 10.6 Å². The van der Waals surface area contributed by atoms with Crippen LogP contribution in [-0.4, -0.2) is 35.6 Å². The van der Waals surface area contributed by atoms with Crippen LogP contribution < -0.4 is 10.6 Å². The van der Waals surface area contributed by atoms with Gasteiger partial charge in [-0.25, -0.2) is 0 Å². The maximum Gasteiger partial charge on any atom is 0.311 e. The molecule has 5 heteroatoms. The molecule has 1 saturated carbocycles. The third-order valence-corrected chi connectivity index (χ3v) is 2.94. The van der Waals surface area contributed by atoms with Gasteiger partial charge < -0.3 is 15.7 Å². The Bertz CT molecular complexity index is 303. The molecule has 0 unspecified atom stereocenters. The zero-order chi connectivity index (χ0) is 13.1. The molecule has 0 saturated heterocycles. The molecule has 1 aliphatic rings. The summed E-state index contributed by atoms with van der Waals surface area (Å²) in [5.41, 5.74) is -0.674. The molecule has 0 radical (unpaired) electrons. The van der Waals surface area contributed by atoms with E-state index in [-0.39, 0.29) is 18.0 Å². The van der Waals surface area contributed by atoms with Gasteiger partial charge >= 0.3 is 5.97 Å².